The number of nitrogens with zero attached hydrogens (tertiary/aromatic N) is 2. The van der Waals surface area contributed by atoms with E-state index in [1.807, 2.05) is 13.8 Å². The third kappa shape index (κ3) is 5.01. The van der Waals surface area contributed by atoms with Crippen molar-refractivity contribution < 1.29 is 17.9 Å². The van der Waals surface area contributed by atoms with E-state index in [1.165, 1.54) is 27.9 Å². The lowest BCUT2D eigenvalue weighted by Crippen LogP contribution is -2.28. The molecule has 0 bridgehead atoms. The molecule has 0 fully saturated rings. The first kappa shape index (κ1) is 22.7. The quantitative estimate of drug-likeness (QED) is 0.509. The van der Waals surface area contributed by atoms with E-state index in [0.29, 0.717) is 4.96 Å². The molecule has 1 aromatic carbocycles. The summed E-state index contributed by atoms with van der Waals surface area (Å²) < 4.78 is 34.0. The molecule has 0 aliphatic rings. The number of esters is 1. The predicted molar refractivity (Wildman–Crippen MR) is 115 cm³/mol. The van der Waals surface area contributed by atoms with Crippen LogP contribution in [0.15, 0.2) is 39.5 Å². The van der Waals surface area contributed by atoms with Crippen molar-refractivity contribution in [1.82, 2.24) is 14.1 Å². The first-order chi connectivity index (χ1) is 14.1. The number of thiazole rings is 1. The number of benzene rings is 1. The molecule has 12 heteroatoms. The molecule has 0 aliphatic heterocycles. The van der Waals surface area contributed by atoms with Crippen LogP contribution in [-0.4, -0.2) is 30.3 Å². The number of fused-ring (bicyclic) bond motifs is 1. The molecular formula is C18H17Cl2N3O5S2. The largest absolute Gasteiger partial charge is 0.456 e. The molecule has 0 aliphatic carbocycles. The smallest absolute Gasteiger partial charge is 0.340 e. The molecule has 30 heavy (non-hydrogen) atoms. The van der Waals surface area contributed by atoms with E-state index in [9.17, 15) is 18.0 Å². The van der Waals surface area contributed by atoms with Crippen molar-refractivity contribution in [3.05, 3.63) is 61.4 Å². The molecule has 0 unspecified atom stereocenters. The Morgan fingerprint density at radius 3 is 2.70 bits per heavy atom. The number of halogens is 2. The number of rotatable bonds is 7. The standard InChI is InChI=1S/C18H17Cl2N3O5S2/c1-10(2)8-21-30(26,27)15-6-12(13(19)7-14(15)20)17(25)28-9-11-5-16(24)23-3-4-29-18(23)22-11/h3-7,10,21H,8-9H2,1-2H3. The molecule has 0 saturated carbocycles. The van der Waals surface area contributed by atoms with Gasteiger partial charge in [0.2, 0.25) is 10.0 Å². The summed E-state index contributed by atoms with van der Waals surface area (Å²) in [7, 11) is -3.95. The highest BCUT2D eigenvalue weighted by Gasteiger charge is 2.23. The monoisotopic (exact) mass is 489 g/mol. The number of sulfonamides is 1. The van der Waals surface area contributed by atoms with E-state index >= 15 is 0 Å². The molecule has 2 aromatic heterocycles. The first-order valence-electron chi connectivity index (χ1n) is 8.70. The molecule has 0 radical (unpaired) electrons. The van der Waals surface area contributed by atoms with Gasteiger partial charge in [0, 0.05) is 24.2 Å². The molecule has 3 aromatic rings. The third-order valence-electron chi connectivity index (χ3n) is 3.92. The fraction of sp³-hybridized carbons (Fsp3) is 0.278. The van der Waals surface area contributed by atoms with Crippen LogP contribution < -0.4 is 10.3 Å². The van der Waals surface area contributed by atoms with Crippen LogP contribution in [0.2, 0.25) is 10.0 Å². The molecule has 0 amide bonds. The lowest BCUT2D eigenvalue weighted by molar-refractivity contribution is 0.0467. The summed E-state index contributed by atoms with van der Waals surface area (Å²) in [6.45, 7) is 3.62. The Balaban J connectivity index is 1.83. The summed E-state index contributed by atoms with van der Waals surface area (Å²) in [4.78, 5) is 29.0. The second-order valence-corrected chi connectivity index (χ2v) is 10.1. The van der Waals surface area contributed by atoms with Crippen molar-refractivity contribution in [1.29, 1.82) is 0 Å². The molecular weight excluding hydrogens is 473 g/mol. The molecule has 1 N–H and O–H groups in total. The number of aromatic nitrogens is 2. The number of nitrogens with one attached hydrogen (secondary N) is 1. The van der Waals surface area contributed by atoms with Gasteiger partial charge in [0.1, 0.15) is 11.5 Å². The molecule has 0 saturated heterocycles. The number of hydrogen-bond donors (Lipinski definition) is 1. The Hall–Kier alpha value is -1.98. The van der Waals surface area contributed by atoms with Crippen LogP contribution in [0.25, 0.3) is 4.96 Å². The Morgan fingerprint density at radius 2 is 2.00 bits per heavy atom. The van der Waals surface area contributed by atoms with Gasteiger partial charge in [-0.2, -0.15) is 0 Å². The highest BCUT2D eigenvalue weighted by molar-refractivity contribution is 7.89. The Morgan fingerprint density at radius 1 is 1.27 bits per heavy atom. The molecule has 3 rings (SSSR count). The van der Waals surface area contributed by atoms with Crippen LogP contribution in [0.4, 0.5) is 0 Å². The van der Waals surface area contributed by atoms with Gasteiger partial charge in [-0.25, -0.2) is 22.9 Å². The third-order valence-corrected chi connectivity index (χ3v) is 6.88. The average molecular weight is 490 g/mol. The van der Waals surface area contributed by atoms with Crippen LogP contribution in [0, 0.1) is 5.92 Å². The second kappa shape index (κ2) is 9.03. The Bertz CT molecular complexity index is 1270. The minimum absolute atomic E-state index is 0.0606. The van der Waals surface area contributed by atoms with Gasteiger partial charge >= 0.3 is 5.97 Å². The van der Waals surface area contributed by atoms with E-state index in [-0.39, 0.29) is 50.8 Å². The van der Waals surface area contributed by atoms with E-state index in [1.54, 1.807) is 11.6 Å². The zero-order valence-electron chi connectivity index (χ0n) is 15.9. The summed E-state index contributed by atoms with van der Waals surface area (Å²) >= 11 is 13.4. The SMILES string of the molecule is CC(C)CNS(=O)(=O)c1cc(C(=O)OCc2cc(=O)n3ccsc3n2)c(Cl)cc1Cl. The first-order valence-corrected chi connectivity index (χ1v) is 11.8. The zero-order valence-corrected chi connectivity index (χ0v) is 19.0. The molecule has 0 spiro atoms. The number of ether oxygens (including phenoxy) is 1. The zero-order chi connectivity index (χ0) is 22.1. The molecule has 2 heterocycles. The number of carbonyl (C=O) groups excluding carboxylic acids is 1. The second-order valence-electron chi connectivity index (χ2n) is 6.73. The van der Waals surface area contributed by atoms with Crippen molar-refractivity contribution in [2.75, 3.05) is 6.54 Å². The van der Waals surface area contributed by atoms with Gasteiger partial charge in [-0.05, 0) is 18.1 Å². The summed E-state index contributed by atoms with van der Waals surface area (Å²) in [6, 6.07) is 3.49. The molecule has 8 nitrogen and oxygen atoms in total. The van der Waals surface area contributed by atoms with Gasteiger partial charge < -0.3 is 4.74 Å². The normalized spacial score (nSPS) is 11.9. The van der Waals surface area contributed by atoms with E-state index < -0.39 is 16.0 Å². The minimum atomic E-state index is -3.95. The average Bonchev–Trinajstić information content (AvgIpc) is 3.13. The van der Waals surface area contributed by atoms with Crippen molar-refractivity contribution in [3.8, 4) is 0 Å². The summed E-state index contributed by atoms with van der Waals surface area (Å²) in [5.74, 6) is -0.794. The maximum Gasteiger partial charge on any atom is 0.340 e. The summed E-state index contributed by atoms with van der Waals surface area (Å²) in [5, 5.41) is 1.53. The molecule has 160 valence electrons. The van der Waals surface area contributed by atoms with E-state index in [0.717, 1.165) is 6.07 Å². The fourth-order valence-corrected chi connectivity index (χ4v) is 5.23. The van der Waals surface area contributed by atoms with Crippen LogP contribution in [0.5, 0.6) is 0 Å². The Kier molecular flexibility index (Phi) is 6.83. The van der Waals surface area contributed by atoms with Gasteiger partial charge in [-0.1, -0.05) is 37.0 Å². The summed E-state index contributed by atoms with van der Waals surface area (Å²) in [6.07, 6.45) is 1.59. The lowest BCUT2D eigenvalue weighted by atomic mass is 10.2. The maximum absolute atomic E-state index is 12.5. The van der Waals surface area contributed by atoms with Gasteiger partial charge in [0.15, 0.2) is 4.96 Å². The maximum atomic E-state index is 12.5. The summed E-state index contributed by atoms with van der Waals surface area (Å²) in [5.41, 5.74) is -0.214. The molecule has 0 atom stereocenters. The highest BCUT2D eigenvalue weighted by atomic mass is 35.5. The van der Waals surface area contributed by atoms with Crippen LogP contribution in [-0.2, 0) is 21.4 Å². The van der Waals surface area contributed by atoms with Gasteiger partial charge in [0.25, 0.3) is 5.56 Å². The van der Waals surface area contributed by atoms with Crippen LogP contribution >= 0.6 is 34.5 Å². The lowest BCUT2D eigenvalue weighted by Gasteiger charge is -2.12. The van der Waals surface area contributed by atoms with E-state index in [2.05, 4.69) is 9.71 Å². The van der Waals surface area contributed by atoms with Crippen molar-refractivity contribution in [2.45, 2.75) is 25.3 Å². The predicted octanol–water partition coefficient (Wildman–Crippen LogP) is 3.35. The Labute approximate surface area is 186 Å². The number of carbonyl (C=O) groups is 1. The topological polar surface area (TPSA) is 107 Å². The van der Waals surface area contributed by atoms with Gasteiger partial charge in [0.05, 0.1) is 21.3 Å². The van der Waals surface area contributed by atoms with Crippen LogP contribution in [0.3, 0.4) is 0 Å². The van der Waals surface area contributed by atoms with Crippen molar-refractivity contribution in [3.63, 3.8) is 0 Å². The van der Waals surface area contributed by atoms with Gasteiger partial charge in [-0.15, -0.1) is 11.3 Å². The van der Waals surface area contributed by atoms with Crippen LogP contribution in [0.1, 0.15) is 29.9 Å². The minimum Gasteiger partial charge on any atom is -0.456 e. The number of hydrogen-bond acceptors (Lipinski definition) is 7. The van der Waals surface area contributed by atoms with Crippen molar-refractivity contribution in [2.24, 2.45) is 5.92 Å². The van der Waals surface area contributed by atoms with Gasteiger partial charge in [-0.3, -0.25) is 9.20 Å². The van der Waals surface area contributed by atoms with Crippen molar-refractivity contribution >= 4 is 55.5 Å². The highest BCUT2D eigenvalue weighted by Crippen LogP contribution is 2.29. The van der Waals surface area contributed by atoms with E-state index in [4.69, 9.17) is 27.9 Å². The fourth-order valence-electron chi connectivity index (χ4n) is 2.42.